The maximum absolute atomic E-state index is 6.18. The summed E-state index contributed by atoms with van der Waals surface area (Å²) in [6.07, 6.45) is 5.35. The lowest BCUT2D eigenvalue weighted by molar-refractivity contribution is 0.341. The molecule has 0 aromatic heterocycles. The van der Waals surface area contributed by atoms with Gasteiger partial charge >= 0.3 is 0 Å². The van der Waals surface area contributed by atoms with Crippen molar-refractivity contribution in [3.63, 3.8) is 0 Å². The number of nitrogens with two attached hydrogens (primary N) is 1. The molecule has 2 N–H and O–H groups in total. The largest absolute Gasteiger partial charge is 0.492 e. The van der Waals surface area contributed by atoms with Crippen LogP contribution in [0, 0.1) is 5.92 Å². The lowest BCUT2D eigenvalue weighted by Crippen LogP contribution is -2.15. The summed E-state index contributed by atoms with van der Waals surface area (Å²) in [6, 6.07) is 6.10. The molecule has 1 fully saturated rings. The van der Waals surface area contributed by atoms with Crippen molar-refractivity contribution < 1.29 is 4.74 Å². The van der Waals surface area contributed by atoms with Crippen molar-refractivity contribution >= 4 is 17.4 Å². The Morgan fingerprint density at radius 3 is 2.94 bits per heavy atom. The van der Waals surface area contributed by atoms with Crippen molar-refractivity contribution in [2.45, 2.75) is 49.7 Å². The topological polar surface area (TPSA) is 35.2 Å². The number of thioether (sulfide) groups is 1. The zero-order valence-electron chi connectivity index (χ0n) is 11.3. The number of anilines is 1. The van der Waals surface area contributed by atoms with Crippen LogP contribution in [0.2, 0.25) is 0 Å². The highest BCUT2D eigenvalue weighted by Crippen LogP contribution is 2.40. The minimum Gasteiger partial charge on any atom is -0.492 e. The first-order valence-corrected chi connectivity index (χ1v) is 7.76. The number of ether oxygens (including phenoxy) is 1. The van der Waals surface area contributed by atoms with E-state index in [2.05, 4.69) is 13.0 Å². The van der Waals surface area contributed by atoms with E-state index in [-0.39, 0.29) is 0 Å². The molecule has 2 nitrogen and oxygen atoms in total. The first-order chi connectivity index (χ1) is 8.70. The molecule has 3 heteroatoms. The van der Waals surface area contributed by atoms with E-state index >= 15 is 0 Å². The lowest BCUT2D eigenvalue weighted by Gasteiger charge is -2.26. The minimum absolute atomic E-state index is 0.665. The summed E-state index contributed by atoms with van der Waals surface area (Å²) in [5, 5.41) is 0.716. The number of rotatable bonds is 4. The Kier molecular flexibility index (Phi) is 4.81. The smallest absolute Gasteiger partial charge is 0.143 e. The summed E-state index contributed by atoms with van der Waals surface area (Å²) in [5.74, 6) is 1.68. The predicted molar refractivity (Wildman–Crippen MR) is 79.3 cm³/mol. The van der Waals surface area contributed by atoms with Gasteiger partial charge in [0.25, 0.3) is 0 Å². The van der Waals surface area contributed by atoms with Gasteiger partial charge in [-0.05, 0) is 37.8 Å². The van der Waals surface area contributed by atoms with Crippen LogP contribution in [0.4, 0.5) is 5.69 Å². The van der Waals surface area contributed by atoms with E-state index in [0.717, 1.165) is 17.4 Å². The molecule has 0 spiro atoms. The van der Waals surface area contributed by atoms with Gasteiger partial charge in [-0.1, -0.05) is 25.8 Å². The predicted octanol–water partition coefficient (Wildman–Crippen LogP) is 4.34. The average molecular weight is 265 g/mol. The molecule has 0 amide bonds. The first-order valence-electron chi connectivity index (χ1n) is 6.88. The molecule has 0 aliphatic heterocycles. The Morgan fingerprint density at radius 1 is 1.39 bits per heavy atom. The normalized spacial score (nSPS) is 23.9. The molecule has 1 saturated carbocycles. The highest BCUT2D eigenvalue weighted by molar-refractivity contribution is 8.00. The molecule has 2 unspecified atom stereocenters. The fourth-order valence-electron chi connectivity index (χ4n) is 2.57. The molecule has 1 aliphatic rings. The highest BCUT2D eigenvalue weighted by Gasteiger charge is 2.21. The van der Waals surface area contributed by atoms with Gasteiger partial charge in [-0.25, -0.2) is 0 Å². The van der Waals surface area contributed by atoms with Gasteiger partial charge < -0.3 is 10.5 Å². The fraction of sp³-hybridized carbons (Fsp3) is 0.600. The zero-order valence-corrected chi connectivity index (χ0v) is 12.1. The van der Waals surface area contributed by atoms with Crippen molar-refractivity contribution in [3.8, 4) is 5.75 Å². The van der Waals surface area contributed by atoms with E-state index in [1.807, 2.05) is 30.8 Å². The van der Waals surface area contributed by atoms with Crippen LogP contribution in [0.15, 0.2) is 23.1 Å². The number of hydrogen-bond donors (Lipinski definition) is 1. The van der Waals surface area contributed by atoms with E-state index in [0.29, 0.717) is 11.9 Å². The molecule has 18 heavy (non-hydrogen) atoms. The van der Waals surface area contributed by atoms with E-state index in [1.165, 1.54) is 30.6 Å². The maximum Gasteiger partial charge on any atom is 0.143 e. The Morgan fingerprint density at radius 2 is 2.22 bits per heavy atom. The van der Waals surface area contributed by atoms with Crippen molar-refractivity contribution in [2.75, 3.05) is 12.3 Å². The summed E-state index contributed by atoms with van der Waals surface area (Å²) in [4.78, 5) is 1.18. The quantitative estimate of drug-likeness (QED) is 0.823. The van der Waals surface area contributed by atoms with Gasteiger partial charge in [0.05, 0.1) is 12.3 Å². The molecule has 100 valence electrons. The molecular formula is C15H23NOS. The second kappa shape index (κ2) is 6.37. The number of nitrogen functional groups attached to an aromatic ring is 1. The third-order valence-electron chi connectivity index (χ3n) is 3.51. The van der Waals surface area contributed by atoms with Crippen LogP contribution in [0.5, 0.6) is 5.75 Å². The van der Waals surface area contributed by atoms with Crippen molar-refractivity contribution in [2.24, 2.45) is 5.92 Å². The molecular weight excluding hydrogens is 242 g/mol. The molecule has 0 radical (unpaired) electrons. The summed E-state index contributed by atoms with van der Waals surface area (Å²) >= 11 is 1.93. The van der Waals surface area contributed by atoms with E-state index < -0.39 is 0 Å². The SMILES string of the molecule is CCOc1cccc(SC2CCCC(C)C2)c1N. The zero-order chi connectivity index (χ0) is 13.0. The standard InChI is InChI=1S/C15H23NOS/c1-3-17-13-8-5-9-14(15(13)16)18-12-7-4-6-11(2)10-12/h5,8-9,11-12H,3-4,6-7,10,16H2,1-2H3. The van der Waals surface area contributed by atoms with Gasteiger partial charge in [-0.3, -0.25) is 0 Å². The lowest BCUT2D eigenvalue weighted by atomic mass is 9.91. The minimum atomic E-state index is 0.665. The third kappa shape index (κ3) is 3.35. The third-order valence-corrected chi connectivity index (χ3v) is 4.88. The van der Waals surface area contributed by atoms with Crippen LogP contribution in [-0.4, -0.2) is 11.9 Å². The van der Waals surface area contributed by atoms with Gasteiger partial charge in [0, 0.05) is 10.1 Å². The fourth-order valence-corrected chi connectivity index (χ4v) is 4.03. The summed E-state index contributed by atoms with van der Waals surface area (Å²) in [5.41, 5.74) is 6.98. The van der Waals surface area contributed by atoms with Crippen molar-refractivity contribution in [1.82, 2.24) is 0 Å². The average Bonchev–Trinajstić information content (AvgIpc) is 2.35. The Hall–Kier alpha value is -0.830. The van der Waals surface area contributed by atoms with Crippen molar-refractivity contribution in [3.05, 3.63) is 18.2 Å². The monoisotopic (exact) mass is 265 g/mol. The molecule has 1 aromatic carbocycles. The highest BCUT2D eigenvalue weighted by atomic mass is 32.2. The number of benzene rings is 1. The number of para-hydroxylation sites is 1. The van der Waals surface area contributed by atoms with Gasteiger partial charge in [0.15, 0.2) is 0 Å². The summed E-state index contributed by atoms with van der Waals surface area (Å²) < 4.78 is 5.55. The van der Waals surface area contributed by atoms with Crippen LogP contribution in [0.1, 0.15) is 39.5 Å². The van der Waals surface area contributed by atoms with Crippen LogP contribution in [-0.2, 0) is 0 Å². The second-order valence-corrected chi connectivity index (χ2v) is 6.45. The van der Waals surface area contributed by atoms with Gasteiger partial charge in [0.2, 0.25) is 0 Å². The Balaban J connectivity index is 2.06. The van der Waals surface area contributed by atoms with Gasteiger partial charge in [0.1, 0.15) is 5.75 Å². The van der Waals surface area contributed by atoms with Crippen molar-refractivity contribution in [1.29, 1.82) is 0 Å². The second-order valence-electron chi connectivity index (χ2n) is 5.11. The first kappa shape index (κ1) is 13.6. The molecule has 0 bridgehead atoms. The van der Waals surface area contributed by atoms with E-state index in [1.54, 1.807) is 0 Å². The van der Waals surface area contributed by atoms with Gasteiger partial charge in [-0.2, -0.15) is 0 Å². The van der Waals surface area contributed by atoms with Crippen LogP contribution >= 0.6 is 11.8 Å². The Bertz CT molecular complexity index is 394. The van der Waals surface area contributed by atoms with E-state index in [4.69, 9.17) is 10.5 Å². The molecule has 2 rings (SSSR count). The molecule has 0 heterocycles. The molecule has 0 saturated heterocycles. The number of hydrogen-bond acceptors (Lipinski definition) is 3. The van der Waals surface area contributed by atoms with Crippen LogP contribution in [0.25, 0.3) is 0 Å². The summed E-state index contributed by atoms with van der Waals surface area (Å²) in [6.45, 7) is 5.01. The maximum atomic E-state index is 6.18. The summed E-state index contributed by atoms with van der Waals surface area (Å²) in [7, 11) is 0. The van der Waals surface area contributed by atoms with Gasteiger partial charge in [-0.15, -0.1) is 11.8 Å². The van der Waals surface area contributed by atoms with Crippen LogP contribution in [0.3, 0.4) is 0 Å². The Labute approximate surface area is 114 Å². The molecule has 1 aromatic rings. The van der Waals surface area contributed by atoms with Crippen LogP contribution < -0.4 is 10.5 Å². The molecule has 1 aliphatic carbocycles. The van der Waals surface area contributed by atoms with E-state index in [9.17, 15) is 0 Å². The molecule has 2 atom stereocenters.